The third-order valence-electron chi connectivity index (χ3n) is 2.27. The van der Waals surface area contributed by atoms with Crippen molar-refractivity contribution in [2.45, 2.75) is 26.3 Å². The summed E-state index contributed by atoms with van der Waals surface area (Å²) >= 11 is 2.94. The fourth-order valence-electron chi connectivity index (χ4n) is 1.56. The number of rotatable bonds is 5. The molecule has 0 radical (unpaired) electrons. The van der Waals surface area contributed by atoms with Crippen molar-refractivity contribution in [1.29, 1.82) is 0 Å². The maximum Gasteiger partial charge on any atom is 0.0916 e. The molecule has 0 aliphatic heterocycles. The molecule has 1 N–H and O–H groups in total. The highest BCUT2D eigenvalue weighted by Gasteiger charge is 2.15. The van der Waals surface area contributed by atoms with Crippen molar-refractivity contribution in [3.05, 3.63) is 28.0 Å². The van der Waals surface area contributed by atoms with Gasteiger partial charge in [-0.3, -0.25) is 0 Å². The first-order valence-electron chi connectivity index (χ1n) is 5.21. The van der Waals surface area contributed by atoms with Crippen molar-refractivity contribution in [2.24, 2.45) is 0 Å². The third-order valence-corrected chi connectivity index (χ3v) is 3.58. The zero-order chi connectivity index (χ0) is 11.4. The number of hydrogen-bond donors (Lipinski definition) is 1. The van der Waals surface area contributed by atoms with Crippen molar-refractivity contribution in [3.8, 4) is 0 Å². The van der Waals surface area contributed by atoms with E-state index < -0.39 is 0 Å². The molecule has 0 aliphatic carbocycles. The Morgan fingerprint density at radius 3 is 2.94 bits per heavy atom. The second-order valence-corrected chi connectivity index (χ2v) is 5.12. The Hall–Kier alpha value is -0.850. The molecule has 0 aromatic carbocycles. The number of likely N-dealkylation sites (N-methyl/N-ethyl adjacent to an activating group) is 1. The summed E-state index contributed by atoms with van der Waals surface area (Å²) in [6, 6.07) is 0.227. The van der Waals surface area contributed by atoms with E-state index in [1.54, 1.807) is 11.3 Å². The number of thiazole rings is 1. The van der Waals surface area contributed by atoms with Gasteiger partial charge in [0, 0.05) is 11.8 Å². The molecular weight excluding hydrogens is 240 g/mol. The number of nitrogens with zero attached hydrogens (tertiary/aromatic N) is 3. The van der Waals surface area contributed by atoms with E-state index in [0.717, 1.165) is 29.4 Å². The van der Waals surface area contributed by atoms with E-state index in [9.17, 15) is 0 Å². The highest BCUT2D eigenvalue weighted by Crippen LogP contribution is 2.18. The normalized spacial score (nSPS) is 12.9. The van der Waals surface area contributed by atoms with Crippen molar-refractivity contribution in [2.75, 3.05) is 6.54 Å². The summed E-state index contributed by atoms with van der Waals surface area (Å²) in [5, 5.41) is 6.63. The Balaban J connectivity index is 2.09. The zero-order valence-electron chi connectivity index (χ0n) is 9.30. The van der Waals surface area contributed by atoms with Crippen LogP contribution >= 0.6 is 23.1 Å². The van der Waals surface area contributed by atoms with Crippen LogP contribution in [0.2, 0.25) is 0 Å². The van der Waals surface area contributed by atoms with Gasteiger partial charge in [0.1, 0.15) is 0 Å². The van der Waals surface area contributed by atoms with Gasteiger partial charge in [-0.15, -0.1) is 11.3 Å². The van der Waals surface area contributed by atoms with E-state index in [4.69, 9.17) is 0 Å². The number of aryl methyl sites for hydroxylation is 1. The SMILES string of the molecule is CCNC(Cc1csc(C)n1)c1cnsn1. The fourth-order valence-corrected chi connectivity index (χ4v) is 2.66. The smallest absolute Gasteiger partial charge is 0.0916 e. The second kappa shape index (κ2) is 5.47. The van der Waals surface area contributed by atoms with Crippen molar-refractivity contribution in [1.82, 2.24) is 19.0 Å². The quantitative estimate of drug-likeness (QED) is 0.888. The largest absolute Gasteiger partial charge is 0.309 e. The molecule has 0 amide bonds. The summed E-state index contributed by atoms with van der Waals surface area (Å²) in [7, 11) is 0. The van der Waals surface area contributed by atoms with Gasteiger partial charge in [-0.2, -0.15) is 8.75 Å². The van der Waals surface area contributed by atoms with Crippen LogP contribution in [-0.4, -0.2) is 20.3 Å². The van der Waals surface area contributed by atoms with E-state index >= 15 is 0 Å². The molecule has 2 rings (SSSR count). The lowest BCUT2D eigenvalue weighted by atomic mass is 10.1. The van der Waals surface area contributed by atoms with Crippen LogP contribution in [0.1, 0.15) is 29.4 Å². The van der Waals surface area contributed by atoms with Crippen LogP contribution in [0.4, 0.5) is 0 Å². The summed E-state index contributed by atoms with van der Waals surface area (Å²) in [6.07, 6.45) is 2.71. The van der Waals surface area contributed by atoms with Crippen LogP contribution in [0.25, 0.3) is 0 Å². The Morgan fingerprint density at radius 2 is 2.38 bits per heavy atom. The molecule has 2 heterocycles. The van der Waals surface area contributed by atoms with Crippen molar-refractivity contribution < 1.29 is 0 Å². The maximum atomic E-state index is 4.48. The molecule has 0 aliphatic rings. The van der Waals surface area contributed by atoms with Gasteiger partial charge in [0.2, 0.25) is 0 Å². The van der Waals surface area contributed by atoms with Gasteiger partial charge in [0.05, 0.1) is 40.4 Å². The monoisotopic (exact) mass is 254 g/mol. The van der Waals surface area contributed by atoms with E-state index in [1.165, 1.54) is 11.7 Å². The van der Waals surface area contributed by atoms with Gasteiger partial charge in [-0.1, -0.05) is 6.92 Å². The lowest BCUT2D eigenvalue weighted by Crippen LogP contribution is -2.23. The molecule has 0 bridgehead atoms. The standard InChI is InChI=1S/C10H14N4S2/c1-3-11-9(10-5-12-16-14-10)4-8-6-15-7(2)13-8/h5-6,9,11H,3-4H2,1-2H3. The fraction of sp³-hybridized carbons (Fsp3) is 0.500. The lowest BCUT2D eigenvalue weighted by Gasteiger charge is -2.13. The molecule has 86 valence electrons. The first-order valence-corrected chi connectivity index (χ1v) is 6.82. The maximum absolute atomic E-state index is 4.48. The molecule has 0 spiro atoms. The molecule has 2 aromatic rings. The van der Waals surface area contributed by atoms with Crippen LogP contribution in [0.5, 0.6) is 0 Å². The Labute approximate surface area is 103 Å². The predicted octanol–water partition coefficient (Wildman–Crippen LogP) is 2.20. The lowest BCUT2D eigenvalue weighted by molar-refractivity contribution is 0.535. The minimum atomic E-state index is 0.227. The summed E-state index contributed by atoms with van der Waals surface area (Å²) in [5.74, 6) is 0. The average molecular weight is 254 g/mol. The minimum absolute atomic E-state index is 0.227. The first-order chi connectivity index (χ1) is 7.79. The second-order valence-electron chi connectivity index (χ2n) is 3.50. The van der Waals surface area contributed by atoms with Gasteiger partial charge >= 0.3 is 0 Å². The molecule has 6 heteroatoms. The summed E-state index contributed by atoms with van der Waals surface area (Å²) in [5.41, 5.74) is 2.14. The Morgan fingerprint density at radius 1 is 1.50 bits per heavy atom. The van der Waals surface area contributed by atoms with Gasteiger partial charge in [0.15, 0.2) is 0 Å². The molecule has 0 fully saturated rings. The Bertz CT molecular complexity index is 424. The van der Waals surface area contributed by atoms with Crippen LogP contribution in [0.3, 0.4) is 0 Å². The number of nitrogens with one attached hydrogen (secondary N) is 1. The predicted molar refractivity (Wildman–Crippen MR) is 66.9 cm³/mol. The van der Waals surface area contributed by atoms with E-state index in [1.807, 2.05) is 13.1 Å². The first kappa shape index (κ1) is 11.6. The van der Waals surface area contributed by atoms with Crippen LogP contribution in [-0.2, 0) is 6.42 Å². The Kier molecular flexibility index (Phi) is 3.98. The van der Waals surface area contributed by atoms with Crippen LogP contribution < -0.4 is 5.32 Å². The summed E-state index contributed by atoms with van der Waals surface area (Å²) in [4.78, 5) is 4.48. The molecule has 0 saturated carbocycles. The molecule has 1 atom stereocenters. The number of hydrogen-bond acceptors (Lipinski definition) is 6. The van der Waals surface area contributed by atoms with Crippen molar-refractivity contribution >= 4 is 23.1 Å². The van der Waals surface area contributed by atoms with Gasteiger partial charge in [-0.05, 0) is 13.5 Å². The minimum Gasteiger partial charge on any atom is -0.309 e. The molecule has 16 heavy (non-hydrogen) atoms. The van der Waals surface area contributed by atoms with E-state index in [0.29, 0.717) is 0 Å². The van der Waals surface area contributed by atoms with Gasteiger partial charge in [0.25, 0.3) is 0 Å². The molecule has 1 unspecified atom stereocenters. The van der Waals surface area contributed by atoms with Gasteiger partial charge in [-0.25, -0.2) is 4.98 Å². The zero-order valence-corrected chi connectivity index (χ0v) is 10.9. The van der Waals surface area contributed by atoms with E-state index in [2.05, 4.69) is 31.4 Å². The number of aromatic nitrogens is 3. The molecule has 0 saturated heterocycles. The van der Waals surface area contributed by atoms with Gasteiger partial charge < -0.3 is 5.32 Å². The van der Waals surface area contributed by atoms with Crippen LogP contribution in [0, 0.1) is 6.92 Å². The molecule has 2 aromatic heterocycles. The molecule has 4 nitrogen and oxygen atoms in total. The topological polar surface area (TPSA) is 50.7 Å². The molecular formula is C10H14N4S2. The average Bonchev–Trinajstić information content (AvgIpc) is 2.88. The van der Waals surface area contributed by atoms with Crippen LogP contribution in [0.15, 0.2) is 11.6 Å². The highest BCUT2D eigenvalue weighted by atomic mass is 32.1. The highest BCUT2D eigenvalue weighted by molar-refractivity contribution is 7.09. The third kappa shape index (κ3) is 2.84. The van der Waals surface area contributed by atoms with Crippen molar-refractivity contribution in [3.63, 3.8) is 0 Å². The van der Waals surface area contributed by atoms with E-state index in [-0.39, 0.29) is 6.04 Å². The summed E-state index contributed by atoms with van der Waals surface area (Å²) < 4.78 is 8.33. The summed E-state index contributed by atoms with van der Waals surface area (Å²) in [6.45, 7) is 5.05.